The molecule has 0 saturated heterocycles. The zero-order valence-electron chi connectivity index (χ0n) is 16.3. The minimum absolute atomic E-state index is 0.276. The summed E-state index contributed by atoms with van der Waals surface area (Å²) in [5.74, 6) is 0.707. The van der Waals surface area contributed by atoms with Crippen molar-refractivity contribution in [1.82, 2.24) is 19.6 Å². The third-order valence-electron chi connectivity index (χ3n) is 5.06. The van der Waals surface area contributed by atoms with E-state index in [9.17, 15) is 9.18 Å². The van der Waals surface area contributed by atoms with Crippen molar-refractivity contribution < 1.29 is 9.13 Å². The van der Waals surface area contributed by atoms with Crippen LogP contribution in [-0.2, 0) is 6.61 Å². The number of thiophene rings is 1. The number of benzene rings is 2. The van der Waals surface area contributed by atoms with Crippen LogP contribution in [0.2, 0.25) is 0 Å². The molecule has 0 atom stereocenters. The molecule has 3 heterocycles. The van der Waals surface area contributed by atoms with Crippen LogP contribution in [0.1, 0.15) is 16.0 Å². The highest BCUT2D eigenvalue weighted by molar-refractivity contribution is 7.18. The molecule has 0 amide bonds. The van der Waals surface area contributed by atoms with E-state index in [2.05, 4.69) is 15.1 Å². The molecule has 8 heteroatoms. The molecule has 0 aliphatic carbocycles. The maximum atomic E-state index is 13.1. The lowest BCUT2D eigenvalue weighted by molar-refractivity contribution is 0.307. The van der Waals surface area contributed by atoms with E-state index in [4.69, 9.17) is 4.74 Å². The van der Waals surface area contributed by atoms with Crippen molar-refractivity contribution in [3.8, 4) is 17.1 Å². The molecule has 0 spiro atoms. The molecule has 0 fully saturated rings. The summed E-state index contributed by atoms with van der Waals surface area (Å²) in [6, 6.07) is 13.6. The lowest BCUT2D eigenvalue weighted by Crippen LogP contribution is -2.16. The van der Waals surface area contributed by atoms with Gasteiger partial charge in [0.2, 0.25) is 0 Å². The smallest absolute Gasteiger partial charge is 0.349 e. The minimum Gasteiger partial charge on any atom is -0.488 e. The van der Waals surface area contributed by atoms with Gasteiger partial charge >= 0.3 is 5.69 Å². The molecule has 2 aromatic carbocycles. The van der Waals surface area contributed by atoms with Crippen molar-refractivity contribution in [2.75, 3.05) is 0 Å². The van der Waals surface area contributed by atoms with Crippen molar-refractivity contribution in [2.45, 2.75) is 20.5 Å². The molecule has 0 aliphatic heterocycles. The lowest BCUT2D eigenvalue weighted by Gasteiger charge is -2.09. The molecule has 0 unspecified atom stereocenters. The molecule has 1 N–H and O–H groups in total. The van der Waals surface area contributed by atoms with E-state index in [1.165, 1.54) is 28.0 Å². The number of aryl methyl sites for hydroxylation is 2. The van der Waals surface area contributed by atoms with Crippen LogP contribution in [0.3, 0.4) is 0 Å². The Labute approximate surface area is 174 Å². The second-order valence-electron chi connectivity index (χ2n) is 7.00. The summed E-state index contributed by atoms with van der Waals surface area (Å²) in [6.07, 6.45) is 0. The monoisotopic (exact) mass is 420 g/mol. The first-order valence-corrected chi connectivity index (χ1v) is 10.2. The van der Waals surface area contributed by atoms with Crippen molar-refractivity contribution >= 4 is 27.2 Å². The fraction of sp³-hybridized carbons (Fsp3) is 0.136. The van der Waals surface area contributed by atoms with Crippen LogP contribution in [0.15, 0.2) is 53.3 Å². The summed E-state index contributed by atoms with van der Waals surface area (Å²) in [6.45, 7) is 4.31. The second kappa shape index (κ2) is 7.07. The molecule has 3 aromatic heterocycles. The van der Waals surface area contributed by atoms with Crippen LogP contribution in [0, 0.1) is 19.7 Å². The van der Waals surface area contributed by atoms with Gasteiger partial charge in [-0.3, -0.25) is 4.98 Å². The number of H-pyrrole nitrogens is 1. The maximum Gasteiger partial charge on any atom is 0.349 e. The Kier molecular flexibility index (Phi) is 4.36. The molecule has 0 aliphatic rings. The Balaban J connectivity index is 1.59. The van der Waals surface area contributed by atoms with Crippen LogP contribution < -0.4 is 10.4 Å². The summed E-state index contributed by atoms with van der Waals surface area (Å²) in [7, 11) is 0. The molecule has 0 bridgehead atoms. The summed E-state index contributed by atoms with van der Waals surface area (Å²) in [5, 5.41) is 5.35. The molecule has 0 saturated carbocycles. The first kappa shape index (κ1) is 18.5. The highest BCUT2D eigenvalue weighted by Crippen LogP contribution is 2.33. The van der Waals surface area contributed by atoms with Gasteiger partial charge in [-0.25, -0.2) is 14.2 Å². The van der Waals surface area contributed by atoms with Crippen LogP contribution in [-0.4, -0.2) is 19.6 Å². The zero-order chi connectivity index (χ0) is 20.8. The van der Waals surface area contributed by atoms with E-state index in [0.717, 1.165) is 26.2 Å². The number of fused-ring (bicyclic) bond motifs is 3. The van der Waals surface area contributed by atoms with Gasteiger partial charge in [0, 0.05) is 4.88 Å². The summed E-state index contributed by atoms with van der Waals surface area (Å²) >= 11 is 1.53. The number of ether oxygens (including phenoxy) is 1. The molecular formula is C22H17FN4O2S. The summed E-state index contributed by atoms with van der Waals surface area (Å²) < 4.78 is 20.4. The normalized spacial score (nSPS) is 11.4. The number of hydrogen-bond acceptors (Lipinski definition) is 5. The van der Waals surface area contributed by atoms with Crippen LogP contribution >= 0.6 is 11.3 Å². The number of aromatic nitrogens is 4. The fourth-order valence-corrected chi connectivity index (χ4v) is 4.43. The van der Waals surface area contributed by atoms with Gasteiger partial charge in [-0.05, 0) is 49.2 Å². The van der Waals surface area contributed by atoms with Crippen LogP contribution in [0.5, 0.6) is 5.75 Å². The largest absolute Gasteiger partial charge is 0.488 e. The van der Waals surface area contributed by atoms with E-state index in [1.54, 1.807) is 12.1 Å². The van der Waals surface area contributed by atoms with Gasteiger partial charge < -0.3 is 4.74 Å². The van der Waals surface area contributed by atoms with Gasteiger partial charge in [0.1, 0.15) is 23.0 Å². The standard InChI is InChI=1S/C22H17FN4O2S/c1-12-13(2)30-21-18(12)20-24-19(26-27(20)22(28)25-21)16-5-3-4-6-17(16)29-11-14-7-9-15(23)10-8-14/h3-10H,11H2,1-2H3,(H,25,28). The Morgan fingerprint density at radius 1 is 1.13 bits per heavy atom. The SMILES string of the molecule is Cc1sc2[nH]c(=O)n3nc(-c4ccccc4OCc4ccc(F)cc4)nc3c2c1C. The fourth-order valence-electron chi connectivity index (χ4n) is 3.38. The highest BCUT2D eigenvalue weighted by atomic mass is 32.1. The van der Waals surface area contributed by atoms with Gasteiger partial charge in [-0.1, -0.05) is 24.3 Å². The second-order valence-corrected chi connectivity index (χ2v) is 8.22. The summed E-state index contributed by atoms with van der Waals surface area (Å²) in [5.41, 5.74) is 2.80. The van der Waals surface area contributed by atoms with E-state index in [-0.39, 0.29) is 18.1 Å². The first-order chi connectivity index (χ1) is 14.5. The van der Waals surface area contributed by atoms with E-state index < -0.39 is 0 Å². The van der Waals surface area contributed by atoms with Crippen molar-refractivity contribution in [3.63, 3.8) is 0 Å². The van der Waals surface area contributed by atoms with Crippen molar-refractivity contribution in [1.29, 1.82) is 0 Å². The third-order valence-corrected chi connectivity index (χ3v) is 6.19. The number of aromatic amines is 1. The number of halogens is 1. The van der Waals surface area contributed by atoms with Crippen LogP contribution in [0.4, 0.5) is 4.39 Å². The van der Waals surface area contributed by atoms with E-state index >= 15 is 0 Å². The molecule has 0 radical (unpaired) electrons. The molecular weight excluding hydrogens is 403 g/mol. The van der Waals surface area contributed by atoms with Gasteiger partial charge in [0.25, 0.3) is 0 Å². The van der Waals surface area contributed by atoms with Crippen molar-refractivity contribution in [3.05, 3.63) is 80.8 Å². The predicted octanol–water partition coefficient (Wildman–Crippen LogP) is 4.63. The van der Waals surface area contributed by atoms with E-state index in [0.29, 0.717) is 22.8 Å². The number of nitrogens with zero attached hydrogens (tertiary/aromatic N) is 3. The van der Waals surface area contributed by atoms with Crippen LogP contribution in [0.25, 0.3) is 27.3 Å². The Morgan fingerprint density at radius 3 is 2.70 bits per heavy atom. The predicted molar refractivity (Wildman–Crippen MR) is 115 cm³/mol. The molecule has 6 nitrogen and oxygen atoms in total. The average molecular weight is 420 g/mol. The number of nitrogens with one attached hydrogen (secondary N) is 1. The minimum atomic E-state index is -0.331. The van der Waals surface area contributed by atoms with Gasteiger partial charge in [-0.2, -0.15) is 4.52 Å². The summed E-state index contributed by atoms with van der Waals surface area (Å²) in [4.78, 5) is 22.0. The quantitative estimate of drug-likeness (QED) is 0.460. The molecule has 30 heavy (non-hydrogen) atoms. The Morgan fingerprint density at radius 2 is 1.90 bits per heavy atom. The number of para-hydroxylation sites is 1. The van der Waals surface area contributed by atoms with Crippen molar-refractivity contribution in [2.24, 2.45) is 0 Å². The Hall–Kier alpha value is -3.52. The zero-order valence-corrected chi connectivity index (χ0v) is 17.1. The van der Waals surface area contributed by atoms with Gasteiger partial charge in [0.15, 0.2) is 11.5 Å². The van der Waals surface area contributed by atoms with Gasteiger partial charge in [0.05, 0.1) is 10.9 Å². The maximum absolute atomic E-state index is 13.1. The molecule has 150 valence electrons. The number of rotatable bonds is 4. The number of hydrogen-bond donors (Lipinski definition) is 1. The Bertz CT molecular complexity index is 1450. The lowest BCUT2D eigenvalue weighted by atomic mass is 10.2. The van der Waals surface area contributed by atoms with E-state index in [1.807, 2.05) is 38.1 Å². The molecule has 5 aromatic rings. The molecule has 5 rings (SSSR count). The first-order valence-electron chi connectivity index (χ1n) is 9.36. The average Bonchev–Trinajstić information content (AvgIpc) is 3.30. The van der Waals surface area contributed by atoms with Gasteiger partial charge in [-0.15, -0.1) is 16.4 Å². The topological polar surface area (TPSA) is 72.3 Å². The third kappa shape index (κ3) is 3.05. The highest BCUT2D eigenvalue weighted by Gasteiger charge is 2.18.